The van der Waals surface area contributed by atoms with E-state index in [0.717, 1.165) is 5.56 Å². The summed E-state index contributed by atoms with van der Waals surface area (Å²) in [5.74, 6) is -1.34. The van der Waals surface area contributed by atoms with Crippen molar-refractivity contribution in [1.29, 1.82) is 0 Å². The maximum Gasteiger partial charge on any atom is 0.322 e. The summed E-state index contributed by atoms with van der Waals surface area (Å²) in [7, 11) is 1.65. The molecule has 8 nitrogen and oxygen atoms in total. The molecule has 0 aliphatic carbocycles. The highest BCUT2D eigenvalue weighted by Gasteiger charge is 2.33. The van der Waals surface area contributed by atoms with Gasteiger partial charge in [-0.15, -0.1) is 0 Å². The van der Waals surface area contributed by atoms with Gasteiger partial charge >= 0.3 is 6.03 Å². The first-order valence-corrected chi connectivity index (χ1v) is 9.21. The van der Waals surface area contributed by atoms with Crippen molar-refractivity contribution in [3.05, 3.63) is 66.2 Å². The van der Waals surface area contributed by atoms with Crippen LogP contribution in [0.25, 0.3) is 0 Å². The van der Waals surface area contributed by atoms with Crippen LogP contribution in [-0.4, -0.2) is 42.9 Å². The molecule has 1 aliphatic rings. The van der Waals surface area contributed by atoms with Crippen molar-refractivity contribution in [3.63, 3.8) is 0 Å². The molecular weight excluding hydrogens is 372 g/mol. The number of hydrogen-bond donors (Lipinski definition) is 3. The Balaban J connectivity index is 1.73. The number of likely N-dealkylation sites (N-methyl/N-ethyl adjacent to an activating group) is 1. The van der Waals surface area contributed by atoms with E-state index < -0.39 is 29.9 Å². The van der Waals surface area contributed by atoms with Gasteiger partial charge in [0.1, 0.15) is 12.1 Å². The zero-order valence-electron chi connectivity index (χ0n) is 15.9. The second-order valence-electron chi connectivity index (χ2n) is 6.76. The predicted molar refractivity (Wildman–Crippen MR) is 107 cm³/mol. The van der Waals surface area contributed by atoms with Gasteiger partial charge in [0.25, 0.3) is 5.91 Å². The van der Waals surface area contributed by atoms with Gasteiger partial charge in [0, 0.05) is 19.2 Å². The van der Waals surface area contributed by atoms with Crippen molar-refractivity contribution in [1.82, 2.24) is 16.0 Å². The summed E-state index contributed by atoms with van der Waals surface area (Å²) in [6, 6.07) is 16.1. The topological polar surface area (TPSA) is 108 Å². The second-order valence-corrected chi connectivity index (χ2v) is 6.76. The van der Waals surface area contributed by atoms with Crippen molar-refractivity contribution >= 4 is 29.4 Å². The molecule has 2 aromatic rings. The molecule has 1 fully saturated rings. The Morgan fingerprint density at radius 2 is 1.66 bits per heavy atom. The van der Waals surface area contributed by atoms with Gasteiger partial charge in [0.05, 0.1) is 6.42 Å². The van der Waals surface area contributed by atoms with E-state index in [1.807, 2.05) is 48.5 Å². The lowest BCUT2D eigenvalue weighted by Crippen LogP contribution is -2.50. The second kappa shape index (κ2) is 9.01. The number of urea groups is 1. The molecule has 1 aliphatic heterocycles. The molecule has 29 heavy (non-hydrogen) atoms. The van der Waals surface area contributed by atoms with E-state index in [0.29, 0.717) is 12.1 Å². The summed E-state index contributed by atoms with van der Waals surface area (Å²) in [5.41, 5.74) is 1.59. The number of para-hydroxylation sites is 1. The molecule has 0 saturated carbocycles. The molecule has 8 heteroatoms. The van der Waals surface area contributed by atoms with Crippen molar-refractivity contribution in [3.8, 4) is 0 Å². The lowest BCUT2D eigenvalue weighted by Gasteiger charge is -2.25. The van der Waals surface area contributed by atoms with Crippen molar-refractivity contribution in [2.24, 2.45) is 0 Å². The number of carbonyl (C=O) groups excluding carboxylic acids is 4. The molecule has 1 heterocycles. The van der Waals surface area contributed by atoms with E-state index in [-0.39, 0.29) is 12.3 Å². The molecule has 0 aromatic heterocycles. The van der Waals surface area contributed by atoms with Crippen LogP contribution in [0.3, 0.4) is 0 Å². The van der Waals surface area contributed by atoms with Crippen LogP contribution in [0.5, 0.6) is 0 Å². The molecule has 5 amide bonds. The van der Waals surface area contributed by atoms with Crippen molar-refractivity contribution in [2.45, 2.75) is 24.9 Å². The first kappa shape index (κ1) is 20.1. The van der Waals surface area contributed by atoms with E-state index in [1.54, 1.807) is 19.2 Å². The van der Waals surface area contributed by atoms with Gasteiger partial charge in [-0.25, -0.2) is 4.79 Å². The average Bonchev–Trinajstić information content (AvgIpc) is 3.04. The molecular formula is C21H22N4O4. The summed E-state index contributed by atoms with van der Waals surface area (Å²) >= 11 is 0. The Labute approximate surface area is 168 Å². The molecule has 2 aromatic carbocycles. The largest absolute Gasteiger partial charge is 0.344 e. The SMILES string of the molecule is CN(C(=O)[C@H](Cc1ccccc1)NC(=O)CC1NC(=O)NC1=O)c1ccccc1. The number of nitrogens with zero attached hydrogens (tertiary/aromatic N) is 1. The summed E-state index contributed by atoms with van der Waals surface area (Å²) in [6.45, 7) is 0. The first-order chi connectivity index (χ1) is 13.9. The van der Waals surface area contributed by atoms with E-state index in [9.17, 15) is 19.2 Å². The summed E-state index contributed by atoms with van der Waals surface area (Å²) in [6.07, 6.45) is 0.0526. The summed E-state index contributed by atoms with van der Waals surface area (Å²) < 4.78 is 0. The number of nitrogens with one attached hydrogen (secondary N) is 3. The van der Waals surface area contributed by atoms with Gasteiger partial charge in [-0.1, -0.05) is 48.5 Å². The third-order valence-electron chi connectivity index (χ3n) is 4.64. The van der Waals surface area contributed by atoms with Crippen LogP contribution < -0.4 is 20.9 Å². The predicted octanol–water partition coefficient (Wildman–Crippen LogP) is 0.975. The van der Waals surface area contributed by atoms with Crippen LogP contribution in [0.1, 0.15) is 12.0 Å². The fourth-order valence-electron chi connectivity index (χ4n) is 3.10. The maximum absolute atomic E-state index is 13.1. The standard InChI is InChI=1S/C21H22N4O4/c1-25(15-10-6-3-7-11-15)20(28)17(12-14-8-4-2-5-9-14)22-18(26)13-16-19(27)24-21(29)23-16/h2-11,16-17H,12-13H2,1H3,(H,22,26)(H2,23,24,27,29)/t16?,17-/m0/s1. The first-order valence-electron chi connectivity index (χ1n) is 9.21. The number of benzene rings is 2. The van der Waals surface area contributed by atoms with Crippen LogP contribution in [0.15, 0.2) is 60.7 Å². The highest BCUT2D eigenvalue weighted by atomic mass is 16.2. The van der Waals surface area contributed by atoms with Crippen LogP contribution in [0, 0.1) is 0 Å². The molecule has 1 saturated heterocycles. The molecule has 150 valence electrons. The number of imide groups is 1. The van der Waals surface area contributed by atoms with Gasteiger partial charge in [0.2, 0.25) is 11.8 Å². The Kier molecular flexibility index (Phi) is 6.23. The smallest absolute Gasteiger partial charge is 0.322 e. The zero-order chi connectivity index (χ0) is 20.8. The minimum Gasteiger partial charge on any atom is -0.344 e. The lowest BCUT2D eigenvalue weighted by molar-refractivity contribution is -0.129. The number of carbonyl (C=O) groups is 4. The Hall–Kier alpha value is -3.68. The molecule has 0 bridgehead atoms. The van der Waals surface area contributed by atoms with Gasteiger partial charge in [0.15, 0.2) is 0 Å². The minimum atomic E-state index is -0.943. The van der Waals surface area contributed by atoms with E-state index in [2.05, 4.69) is 16.0 Å². The van der Waals surface area contributed by atoms with E-state index >= 15 is 0 Å². The number of amides is 5. The third kappa shape index (κ3) is 5.19. The number of rotatable bonds is 7. The number of anilines is 1. The fourth-order valence-corrected chi connectivity index (χ4v) is 3.10. The minimum absolute atomic E-state index is 0.245. The van der Waals surface area contributed by atoms with E-state index in [4.69, 9.17) is 0 Å². The van der Waals surface area contributed by atoms with Gasteiger partial charge in [-0.2, -0.15) is 0 Å². The normalized spacial score (nSPS) is 16.5. The monoisotopic (exact) mass is 394 g/mol. The van der Waals surface area contributed by atoms with Gasteiger partial charge in [-0.3, -0.25) is 19.7 Å². The quantitative estimate of drug-likeness (QED) is 0.608. The van der Waals surface area contributed by atoms with Crippen LogP contribution in [-0.2, 0) is 20.8 Å². The number of hydrogen-bond acceptors (Lipinski definition) is 4. The average molecular weight is 394 g/mol. The Bertz CT molecular complexity index is 901. The van der Waals surface area contributed by atoms with Crippen molar-refractivity contribution in [2.75, 3.05) is 11.9 Å². The third-order valence-corrected chi connectivity index (χ3v) is 4.64. The molecule has 3 N–H and O–H groups in total. The van der Waals surface area contributed by atoms with Gasteiger partial charge in [-0.05, 0) is 17.7 Å². The van der Waals surface area contributed by atoms with E-state index in [1.165, 1.54) is 4.90 Å². The highest BCUT2D eigenvalue weighted by molar-refractivity contribution is 6.06. The summed E-state index contributed by atoms with van der Waals surface area (Å²) in [4.78, 5) is 50.0. The van der Waals surface area contributed by atoms with Crippen LogP contribution in [0.2, 0.25) is 0 Å². The van der Waals surface area contributed by atoms with Crippen LogP contribution in [0.4, 0.5) is 10.5 Å². The van der Waals surface area contributed by atoms with Crippen LogP contribution >= 0.6 is 0 Å². The Morgan fingerprint density at radius 1 is 1.03 bits per heavy atom. The molecule has 1 unspecified atom stereocenters. The molecule has 3 rings (SSSR count). The van der Waals surface area contributed by atoms with Crippen molar-refractivity contribution < 1.29 is 19.2 Å². The molecule has 0 spiro atoms. The lowest BCUT2D eigenvalue weighted by atomic mass is 10.0. The Morgan fingerprint density at radius 3 is 2.24 bits per heavy atom. The molecule has 0 radical (unpaired) electrons. The zero-order valence-corrected chi connectivity index (χ0v) is 15.9. The van der Waals surface area contributed by atoms with Gasteiger partial charge < -0.3 is 15.5 Å². The summed E-state index contributed by atoms with van der Waals surface area (Å²) in [5, 5.41) is 7.18. The highest BCUT2D eigenvalue weighted by Crippen LogP contribution is 2.14. The molecule has 2 atom stereocenters. The fraction of sp³-hybridized carbons (Fsp3) is 0.238. The maximum atomic E-state index is 13.1.